The highest BCUT2D eigenvalue weighted by Crippen LogP contribution is 2.18. The third kappa shape index (κ3) is 1.87. The third-order valence-electron chi connectivity index (χ3n) is 2.20. The van der Waals surface area contributed by atoms with Crippen LogP contribution in [0.3, 0.4) is 0 Å². The fourth-order valence-electron chi connectivity index (χ4n) is 1.52. The van der Waals surface area contributed by atoms with E-state index in [1.165, 1.54) is 6.07 Å². The highest BCUT2D eigenvalue weighted by molar-refractivity contribution is 5.21. The minimum Gasteiger partial charge on any atom is -0.378 e. The smallest absolute Gasteiger partial charge is 0.128 e. The van der Waals surface area contributed by atoms with Crippen molar-refractivity contribution in [1.82, 2.24) is 5.32 Å². The molecule has 2 nitrogen and oxygen atoms in total. The van der Waals surface area contributed by atoms with E-state index in [9.17, 15) is 4.39 Å². The number of ether oxygens (including phenoxy) is 1. The molecule has 0 bridgehead atoms. The van der Waals surface area contributed by atoms with Gasteiger partial charge in [-0.2, -0.15) is 0 Å². The van der Waals surface area contributed by atoms with E-state index in [-0.39, 0.29) is 11.9 Å². The average molecular weight is 181 g/mol. The number of nitrogens with one attached hydrogen (secondary N) is 1. The van der Waals surface area contributed by atoms with Crippen molar-refractivity contribution < 1.29 is 9.13 Å². The van der Waals surface area contributed by atoms with Gasteiger partial charge in [-0.15, -0.1) is 0 Å². The number of rotatable bonds is 1. The summed E-state index contributed by atoms with van der Waals surface area (Å²) in [6.07, 6.45) is 0. The summed E-state index contributed by atoms with van der Waals surface area (Å²) in [5, 5.41) is 3.21. The van der Waals surface area contributed by atoms with Crippen LogP contribution >= 0.6 is 0 Å². The number of morpholine rings is 1. The zero-order valence-electron chi connectivity index (χ0n) is 7.29. The van der Waals surface area contributed by atoms with E-state index in [4.69, 9.17) is 4.74 Å². The van der Waals surface area contributed by atoms with Crippen LogP contribution < -0.4 is 5.32 Å². The van der Waals surface area contributed by atoms with Crippen molar-refractivity contribution in [2.45, 2.75) is 6.04 Å². The van der Waals surface area contributed by atoms with Gasteiger partial charge in [-0.3, -0.25) is 0 Å². The molecule has 13 heavy (non-hydrogen) atoms. The van der Waals surface area contributed by atoms with Crippen molar-refractivity contribution >= 4 is 0 Å². The van der Waals surface area contributed by atoms with Crippen LogP contribution in [0.2, 0.25) is 0 Å². The maximum Gasteiger partial charge on any atom is 0.128 e. The van der Waals surface area contributed by atoms with E-state index in [0.29, 0.717) is 18.8 Å². The molecule has 0 spiro atoms. The zero-order valence-corrected chi connectivity index (χ0v) is 7.29. The molecule has 1 aromatic rings. The molecule has 1 atom stereocenters. The highest BCUT2D eigenvalue weighted by atomic mass is 19.1. The van der Waals surface area contributed by atoms with Gasteiger partial charge in [0.2, 0.25) is 0 Å². The SMILES string of the molecule is Fc1ccccc1[C@@H]1COCCN1. The minimum atomic E-state index is -0.162. The van der Waals surface area contributed by atoms with Gasteiger partial charge in [0.15, 0.2) is 0 Å². The first-order chi connectivity index (χ1) is 6.38. The van der Waals surface area contributed by atoms with Crippen molar-refractivity contribution in [3.8, 4) is 0 Å². The second-order valence-electron chi connectivity index (χ2n) is 3.10. The second-order valence-corrected chi connectivity index (χ2v) is 3.10. The zero-order chi connectivity index (χ0) is 9.10. The number of halogens is 1. The first-order valence-electron chi connectivity index (χ1n) is 4.43. The van der Waals surface area contributed by atoms with E-state index in [1.807, 2.05) is 6.07 Å². The molecular formula is C10H12FNO. The molecule has 0 saturated carbocycles. The Hall–Kier alpha value is -0.930. The van der Waals surface area contributed by atoms with E-state index in [1.54, 1.807) is 12.1 Å². The van der Waals surface area contributed by atoms with Crippen LogP contribution in [0.1, 0.15) is 11.6 Å². The quantitative estimate of drug-likeness (QED) is 0.708. The largest absolute Gasteiger partial charge is 0.378 e. The number of hydrogen-bond donors (Lipinski definition) is 1. The van der Waals surface area contributed by atoms with E-state index >= 15 is 0 Å². The van der Waals surface area contributed by atoms with Gasteiger partial charge in [0.1, 0.15) is 5.82 Å². The van der Waals surface area contributed by atoms with Crippen LogP contribution in [-0.4, -0.2) is 19.8 Å². The summed E-state index contributed by atoms with van der Waals surface area (Å²) in [5.41, 5.74) is 0.696. The number of hydrogen-bond acceptors (Lipinski definition) is 2. The van der Waals surface area contributed by atoms with Gasteiger partial charge >= 0.3 is 0 Å². The van der Waals surface area contributed by atoms with Gasteiger partial charge in [-0.1, -0.05) is 18.2 Å². The standard InChI is InChI=1S/C10H12FNO/c11-9-4-2-1-3-8(9)10-7-13-6-5-12-10/h1-4,10,12H,5-7H2/t10-/m0/s1. The lowest BCUT2D eigenvalue weighted by molar-refractivity contribution is 0.0757. The average Bonchev–Trinajstić information content (AvgIpc) is 2.20. The lowest BCUT2D eigenvalue weighted by Gasteiger charge is -2.24. The second kappa shape index (κ2) is 3.85. The van der Waals surface area contributed by atoms with Crippen molar-refractivity contribution in [3.05, 3.63) is 35.6 Å². The molecule has 1 aliphatic heterocycles. The van der Waals surface area contributed by atoms with Crippen LogP contribution in [0.5, 0.6) is 0 Å². The Morgan fingerprint density at radius 1 is 1.38 bits per heavy atom. The molecule has 0 amide bonds. The minimum absolute atomic E-state index is 0.00921. The Morgan fingerprint density at radius 2 is 2.23 bits per heavy atom. The Kier molecular flexibility index (Phi) is 2.57. The molecule has 3 heteroatoms. The Bertz CT molecular complexity index is 284. The van der Waals surface area contributed by atoms with Gasteiger partial charge in [0, 0.05) is 12.1 Å². The van der Waals surface area contributed by atoms with Gasteiger partial charge in [0.25, 0.3) is 0 Å². The van der Waals surface area contributed by atoms with Gasteiger partial charge in [-0.25, -0.2) is 4.39 Å². The van der Waals surface area contributed by atoms with Crippen molar-refractivity contribution in [1.29, 1.82) is 0 Å². The molecule has 0 aromatic heterocycles. The lowest BCUT2D eigenvalue weighted by atomic mass is 10.1. The van der Waals surface area contributed by atoms with E-state index in [0.717, 1.165) is 6.54 Å². The summed E-state index contributed by atoms with van der Waals surface area (Å²) >= 11 is 0. The van der Waals surface area contributed by atoms with Crippen LogP contribution in [0.25, 0.3) is 0 Å². The summed E-state index contributed by atoms with van der Waals surface area (Å²) in [7, 11) is 0. The molecular weight excluding hydrogens is 169 g/mol. The van der Waals surface area contributed by atoms with Crippen molar-refractivity contribution in [3.63, 3.8) is 0 Å². The molecule has 1 aromatic carbocycles. The maximum atomic E-state index is 13.3. The number of benzene rings is 1. The Balaban J connectivity index is 2.18. The Labute approximate surface area is 76.7 Å². The van der Waals surface area contributed by atoms with Crippen molar-refractivity contribution in [2.24, 2.45) is 0 Å². The molecule has 1 N–H and O–H groups in total. The summed E-state index contributed by atoms with van der Waals surface area (Å²) in [6.45, 7) is 2.06. The van der Waals surface area contributed by atoms with Gasteiger partial charge < -0.3 is 10.1 Å². The maximum absolute atomic E-state index is 13.3. The topological polar surface area (TPSA) is 21.3 Å². The Morgan fingerprint density at radius 3 is 2.92 bits per heavy atom. The predicted octanol–water partition coefficient (Wildman–Crippen LogP) is 1.49. The lowest BCUT2D eigenvalue weighted by Crippen LogP contribution is -2.35. The molecule has 1 fully saturated rings. The first-order valence-corrected chi connectivity index (χ1v) is 4.43. The molecule has 70 valence electrons. The van der Waals surface area contributed by atoms with Crippen LogP contribution in [0.4, 0.5) is 4.39 Å². The normalized spacial score (nSPS) is 23.0. The fourth-order valence-corrected chi connectivity index (χ4v) is 1.52. The summed E-state index contributed by atoms with van der Waals surface area (Å²) in [4.78, 5) is 0. The molecule has 0 aliphatic carbocycles. The van der Waals surface area contributed by atoms with Crippen molar-refractivity contribution in [2.75, 3.05) is 19.8 Å². The molecule has 1 saturated heterocycles. The first kappa shape index (κ1) is 8.66. The van der Waals surface area contributed by atoms with Crippen LogP contribution in [0.15, 0.2) is 24.3 Å². The van der Waals surface area contributed by atoms with E-state index in [2.05, 4.69) is 5.32 Å². The predicted molar refractivity (Wildman–Crippen MR) is 48.0 cm³/mol. The summed E-state index contributed by atoms with van der Waals surface area (Å²) in [6, 6.07) is 6.82. The molecule has 1 heterocycles. The summed E-state index contributed by atoms with van der Waals surface area (Å²) < 4.78 is 18.5. The molecule has 1 aliphatic rings. The third-order valence-corrected chi connectivity index (χ3v) is 2.20. The molecule has 0 unspecified atom stereocenters. The highest BCUT2D eigenvalue weighted by Gasteiger charge is 2.17. The monoisotopic (exact) mass is 181 g/mol. The summed E-state index contributed by atoms with van der Waals surface area (Å²) in [5.74, 6) is -0.162. The fraction of sp³-hybridized carbons (Fsp3) is 0.400. The molecule has 2 rings (SSSR count). The van der Waals surface area contributed by atoms with Gasteiger partial charge in [0.05, 0.1) is 19.3 Å². The van der Waals surface area contributed by atoms with Crippen LogP contribution in [-0.2, 0) is 4.74 Å². The van der Waals surface area contributed by atoms with E-state index < -0.39 is 0 Å². The van der Waals surface area contributed by atoms with Crippen LogP contribution in [0, 0.1) is 5.82 Å². The molecule has 0 radical (unpaired) electrons. The van der Waals surface area contributed by atoms with Gasteiger partial charge in [-0.05, 0) is 6.07 Å².